The van der Waals surface area contributed by atoms with Crippen molar-refractivity contribution >= 4 is 0 Å². The summed E-state index contributed by atoms with van der Waals surface area (Å²) in [5.74, 6) is 1.57. The molecule has 1 aromatic carbocycles. The smallest absolute Gasteiger partial charge is 0.122 e. The van der Waals surface area contributed by atoms with Crippen molar-refractivity contribution < 1.29 is 4.74 Å². The lowest BCUT2D eigenvalue weighted by molar-refractivity contribution is 0.407. The highest BCUT2D eigenvalue weighted by Crippen LogP contribution is 2.32. The number of methoxy groups -OCH3 is 1. The van der Waals surface area contributed by atoms with Crippen LogP contribution in [0.15, 0.2) is 36.4 Å². The van der Waals surface area contributed by atoms with E-state index >= 15 is 0 Å². The molecular weight excluding hydrogens is 184 g/mol. The zero-order valence-corrected chi connectivity index (χ0v) is 9.28. The molecule has 0 aliphatic heterocycles. The number of hydrogen-bond donors (Lipinski definition) is 0. The van der Waals surface area contributed by atoms with E-state index in [1.807, 2.05) is 12.1 Å². The molecule has 0 aromatic heterocycles. The molecule has 0 bridgehead atoms. The number of benzene rings is 1. The van der Waals surface area contributed by atoms with Crippen molar-refractivity contribution in [2.75, 3.05) is 7.11 Å². The highest BCUT2D eigenvalue weighted by atomic mass is 16.5. The molecule has 1 aliphatic carbocycles. The normalized spacial score (nSPS) is 21.0. The van der Waals surface area contributed by atoms with Crippen molar-refractivity contribution in [2.45, 2.75) is 31.6 Å². The fourth-order valence-corrected chi connectivity index (χ4v) is 2.22. The van der Waals surface area contributed by atoms with Gasteiger partial charge >= 0.3 is 0 Å². The van der Waals surface area contributed by atoms with Crippen LogP contribution in [-0.2, 0) is 0 Å². The van der Waals surface area contributed by atoms with E-state index in [9.17, 15) is 0 Å². The van der Waals surface area contributed by atoms with Crippen LogP contribution in [0, 0.1) is 0 Å². The molecule has 0 unspecified atom stereocenters. The summed E-state index contributed by atoms with van der Waals surface area (Å²) < 4.78 is 5.41. The van der Waals surface area contributed by atoms with Crippen LogP contribution in [0.4, 0.5) is 0 Å². The molecule has 2 rings (SSSR count). The average Bonchev–Trinajstić information content (AvgIpc) is 2.57. The number of allylic oxidation sites excluding steroid dienone is 2. The Bertz CT molecular complexity index is 341. The van der Waals surface area contributed by atoms with Crippen LogP contribution in [0.5, 0.6) is 5.75 Å². The summed E-state index contributed by atoms with van der Waals surface area (Å²) >= 11 is 0. The lowest BCUT2D eigenvalue weighted by Gasteiger charge is -2.15. The maximum absolute atomic E-state index is 5.41. The number of ether oxygens (including phenoxy) is 1. The molecule has 0 spiro atoms. The summed E-state index contributed by atoms with van der Waals surface area (Å²) in [5, 5.41) is 0. The van der Waals surface area contributed by atoms with Crippen LogP contribution < -0.4 is 4.74 Å². The van der Waals surface area contributed by atoms with Crippen molar-refractivity contribution in [2.24, 2.45) is 0 Å². The minimum atomic E-state index is 0.545. The number of para-hydroxylation sites is 1. The van der Waals surface area contributed by atoms with Crippen molar-refractivity contribution in [1.82, 2.24) is 0 Å². The molecule has 1 aliphatic rings. The molecule has 0 saturated heterocycles. The quantitative estimate of drug-likeness (QED) is 0.661. The third kappa shape index (κ3) is 2.41. The summed E-state index contributed by atoms with van der Waals surface area (Å²) in [6.45, 7) is 0. The Hall–Kier alpha value is -1.24. The van der Waals surface area contributed by atoms with Crippen LogP contribution in [0.1, 0.15) is 37.2 Å². The van der Waals surface area contributed by atoms with Gasteiger partial charge in [-0.1, -0.05) is 36.8 Å². The molecule has 1 heteroatoms. The zero-order valence-electron chi connectivity index (χ0n) is 9.28. The first kappa shape index (κ1) is 10.3. The van der Waals surface area contributed by atoms with Crippen molar-refractivity contribution in [3.05, 3.63) is 42.0 Å². The Kier molecular flexibility index (Phi) is 3.44. The molecule has 0 N–H and O–H groups in total. The maximum atomic E-state index is 5.41. The fourth-order valence-electron chi connectivity index (χ4n) is 2.22. The van der Waals surface area contributed by atoms with Crippen molar-refractivity contribution in [1.29, 1.82) is 0 Å². The molecule has 0 heterocycles. The molecule has 0 fully saturated rings. The Morgan fingerprint density at radius 3 is 2.93 bits per heavy atom. The van der Waals surface area contributed by atoms with Crippen LogP contribution in [0.3, 0.4) is 0 Å². The van der Waals surface area contributed by atoms with Gasteiger partial charge in [-0.3, -0.25) is 0 Å². The van der Waals surface area contributed by atoms with Crippen LogP contribution in [-0.4, -0.2) is 7.11 Å². The second-order valence-corrected chi connectivity index (χ2v) is 4.06. The lowest BCUT2D eigenvalue weighted by atomic mass is 9.94. The molecule has 15 heavy (non-hydrogen) atoms. The highest BCUT2D eigenvalue weighted by Gasteiger charge is 2.13. The minimum absolute atomic E-state index is 0.545. The monoisotopic (exact) mass is 202 g/mol. The van der Waals surface area contributed by atoms with Crippen LogP contribution in [0.25, 0.3) is 0 Å². The summed E-state index contributed by atoms with van der Waals surface area (Å²) in [7, 11) is 1.75. The molecule has 0 saturated carbocycles. The van der Waals surface area contributed by atoms with E-state index in [0.29, 0.717) is 5.92 Å². The predicted molar refractivity (Wildman–Crippen MR) is 63.3 cm³/mol. The van der Waals surface area contributed by atoms with E-state index < -0.39 is 0 Å². The fraction of sp³-hybridized carbons (Fsp3) is 0.429. The van der Waals surface area contributed by atoms with Gasteiger partial charge in [0.25, 0.3) is 0 Å². The van der Waals surface area contributed by atoms with E-state index in [0.717, 1.165) is 5.75 Å². The Labute approximate surface area is 91.8 Å². The minimum Gasteiger partial charge on any atom is -0.496 e. The maximum Gasteiger partial charge on any atom is 0.122 e. The van der Waals surface area contributed by atoms with Crippen molar-refractivity contribution in [3.63, 3.8) is 0 Å². The van der Waals surface area contributed by atoms with E-state index in [1.54, 1.807) is 7.11 Å². The van der Waals surface area contributed by atoms with Crippen molar-refractivity contribution in [3.8, 4) is 5.75 Å². The van der Waals surface area contributed by atoms with Gasteiger partial charge in [-0.05, 0) is 25.3 Å². The predicted octanol–water partition coefficient (Wildman–Crippen LogP) is 3.91. The van der Waals surface area contributed by atoms with E-state index in [2.05, 4.69) is 24.3 Å². The molecular formula is C14H18O. The standard InChI is InChI=1S/C14H18O/c1-15-14-11-7-6-10-13(14)12-8-4-2-3-5-9-12/h4,6-8,10-12H,2-3,5,9H2,1H3/t12-/m1/s1. The van der Waals surface area contributed by atoms with Gasteiger partial charge in [-0.15, -0.1) is 0 Å². The second kappa shape index (κ2) is 5.01. The summed E-state index contributed by atoms with van der Waals surface area (Å²) in [4.78, 5) is 0. The highest BCUT2D eigenvalue weighted by molar-refractivity contribution is 5.38. The van der Waals surface area contributed by atoms with Crippen LogP contribution in [0.2, 0.25) is 0 Å². The Morgan fingerprint density at radius 2 is 2.07 bits per heavy atom. The van der Waals surface area contributed by atoms with Gasteiger partial charge in [0.1, 0.15) is 5.75 Å². The first-order chi connectivity index (χ1) is 7.42. The summed E-state index contributed by atoms with van der Waals surface area (Å²) in [5.41, 5.74) is 1.33. The Morgan fingerprint density at radius 1 is 1.20 bits per heavy atom. The van der Waals surface area contributed by atoms with E-state index in [1.165, 1.54) is 31.2 Å². The molecule has 0 amide bonds. The molecule has 1 aromatic rings. The molecule has 1 atom stereocenters. The second-order valence-electron chi connectivity index (χ2n) is 4.06. The van der Waals surface area contributed by atoms with Gasteiger partial charge in [0.05, 0.1) is 7.11 Å². The molecule has 80 valence electrons. The first-order valence-electron chi connectivity index (χ1n) is 5.71. The molecule has 0 radical (unpaired) electrons. The van der Waals surface area contributed by atoms with Gasteiger partial charge in [-0.2, -0.15) is 0 Å². The topological polar surface area (TPSA) is 9.23 Å². The van der Waals surface area contributed by atoms with E-state index in [4.69, 9.17) is 4.74 Å². The largest absolute Gasteiger partial charge is 0.496 e. The van der Waals surface area contributed by atoms with Gasteiger partial charge in [-0.25, -0.2) is 0 Å². The summed E-state index contributed by atoms with van der Waals surface area (Å²) in [6.07, 6.45) is 9.76. The lowest BCUT2D eigenvalue weighted by Crippen LogP contribution is -1.98. The van der Waals surface area contributed by atoms with Crippen LogP contribution >= 0.6 is 0 Å². The van der Waals surface area contributed by atoms with Gasteiger partial charge in [0.15, 0.2) is 0 Å². The zero-order chi connectivity index (χ0) is 10.5. The third-order valence-corrected chi connectivity index (χ3v) is 3.04. The van der Waals surface area contributed by atoms with Gasteiger partial charge in [0.2, 0.25) is 0 Å². The summed E-state index contributed by atoms with van der Waals surface area (Å²) in [6, 6.07) is 8.35. The molecule has 1 nitrogen and oxygen atoms in total. The van der Waals surface area contributed by atoms with Gasteiger partial charge in [0, 0.05) is 11.5 Å². The van der Waals surface area contributed by atoms with E-state index in [-0.39, 0.29) is 0 Å². The Balaban J connectivity index is 2.26. The average molecular weight is 202 g/mol. The number of hydrogen-bond acceptors (Lipinski definition) is 1. The van der Waals surface area contributed by atoms with Gasteiger partial charge < -0.3 is 4.74 Å². The SMILES string of the molecule is COc1ccccc1[C@@H]1C=CCCCC1. The number of rotatable bonds is 2. The first-order valence-corrected chi connectivity index (χ1v) is 5.71. The third-order valence-electron chi connectivity index (χ3n) is 3.04.